The first kappa shape index (κ1) is 23.8. The maximum Gasteiger partial charge on any atom is 0.341 e. The van der Waals surface area contributed by atoms with Crippen LogP contribution in [0.3, 0.4) is 0 Å². The van der Waals surface area contributed by atoms with Crippen molar-refractivity contribution in [3.8, 4) is 33.1 Å². The summed E-state index contributed by atoms with van der Waals surface area (Å²) in [5, 5.41) is 17.5. The van der Waals surface area contributed by atoms with Crippen LogP contribution in [0, 0.1) is 0 Å². The van der Waals surface area contributed by atoms with Crippen LogP contribution in [-0.2, 0) is 0 Å². The second-order valence-corrected chi connectivity index (χ2v) is 8.81. The average molecular weight is 513 g/mol. The number of carbonyl (C=O) groups excluding carboxylic acids is 1. The second-order valence-electron chi connectivity index (χ2n) is 7.96. The molecule has 4 aromatic heterocycles. The van der Waals surface area contributed by atoms with Gasteiger partial charge in [0.2, 0.25) is 5.43 Å². The predicted octanol–water partition coefficient (Wildman–Crippen LogP) is 4.62. The van der Waals surface area contributed by atoms with Crippen molar-refractivity contribution in [2.75, 3.05) is 11.9 Å². The third-order valence-corrected chi connectivity index (χ3v) is 6.43. The lowest BCUT2D eigenvalue weighted by molar-refractivity contribution is 0.0695. The molecule has 5 rings (SSSR count). The minimum atomic E-state index is -1.32. The fourth-order valence-electron chi connectivity index (χ4n) is 3.79. The van der Waals surface area contributed by atoms with Gasteiger partial charge in [-0.1, -0.05) is 30.3 Å². The third kappa shape index (κ3) is 4.80. The number of urea groups is 1. The Balaban J connectivity index is 1.65. The number of aromatic amines is 1. The van der Waals surface area contributed by atoms with Gasteiger partial charge in [-0.2, -0.15) is 0 Å². The van der Waals surface area contributed by atoms with E-state index in [1.807, 2.05) is 42.6 Å². The molecule has 4 heterocycles. The fraction of sp³-hybridized carbons (Fsp3) is 0.0769. The van der Waals surface area contributed by atoms with Crippen LogP contribution < -0.4 is 16.1 Å². The second kappa shape index (κ2) is 9.99. The van der Waals surface area contributed by atoms with Crippen LogP contribution in [-0.4, -0.2) is 43.6 Å². The number of amides is 2. The normalized spacial score (nSPS) is 10.8. The van der Waals surface area contributed by atoms with E-state index in [9.17, 15) is 19.5 Å². The maximum atomic E-state index is 12.8. The van der Waals surface area contributed by atoms with Crippen molar-refractivity contribution in [2.45, 2.75) is 6.92 Å². The molecule has 0 atom stereocenters. The van der Waals surface area contributed by atoms with Crippen LogP contribution in [0.15, 0.2) is 71.2 Å². The van der Waals surface area contributed by atoms with Crippen molar-refractivity contribution in [1.29, 1.82) is 0 Å². The minimum absolute atomic E-state index is 0.185. The largest absolute Gasteiger partial charge is 0.477 e. The van der Waals surface area contributed by atoms with Gasteiger partial charge < -0.3 is 15.4 Å². The standard InChI is InChI=1S/C26H20N6O4S/c1-2-27-26(36)32-22-9-15(24-31-21(13-37-24)14-6-4-3-5-7-14)17(10-30-22)19-8-16-20(12-29-19)28-11-18(23(16)33)25(34)35/h3-13H,2H2,1H3,(H,28,33)(H,34,35)(H2,27,30,32,36). The lowest BCUT2D eigenvalue weighted by Gasteiger charge is -2.11. The van der Waals surface area contributed by atoms with Crippen LogP contribution >= 0.6 is 11.3 Å². The number of pyridine rings is 3. The quantitative estimate of drug-likeness (QED) is 0.259. The number of benzene rings is 1. The number of thiazole rings is 1. The Hall–Kier alpha value is -4.90. The van der Waals surface area contributed by atoms with Crippen molar-refractivity contribution in [3.63, 3.8) is 0 Å². The number of carbonyl (C=O) groups is 2. The highest BCUT2D eigenvalue weighted by Gasteiger charge is 2.18. The number of rotatable bonds is 6. The number of H-pyrrole nitrogens is 1. The maximum absolute atomic E-state index is 12.8. The number of hydrogen-bond donors (Lipinski definition) is 4. The average Bonchev–Trinajstić information content (AvgIpc) is 3.40. The zero-order valence-electron chi connectivity index (χ0n) is 19.5. The molecule has 2 amide bonds. The number of anilines is 1. The number of nitrogens with zero attached hydrogens (tertiary/aromatic N) is 3. The van der Waals surface area contributed by atoms with Crippen LogP contribution in [0.25, 0.3) is 44.0 Å². The van der Waals surface area contributed by atoms with Gasteiger partial charge in [0.25, 0.3) is 0 Å². The van der Waals surface area contributed by atoms with Crippen LogP contribution in [0.5, 0.6) is 0 Å². The van der Waals surface area contributed by atoms with Gasteiger partial charge in [0.05, 0.1) is 28.5 Å². The SMILES string of the molecule is CCNC(=O)Nc1cc(-c2nc(-c3ccccc3)cs2)c(-c2cc3c(=O)c(C(=O)O)c[nH]c3cn2)cn1. The molecule has 0 aliphatic heterocycles. The smallest absolute Gasteiger partial charge is 0.341 e. The molecule has 184 valence electrons. The van der Waals surface area contributed by atoms with Crippen molar-refractivity contribution >= 4 is 40.1 Å². The summed E-state index contributed by atoms with van der Waals surface area (Å²) in [7, 11) is 0. The molecule has 1 aromatic carbocycles. The molecule has 0 aliphatic carbocycles. The highest BCUT2D eigenvalue weighted by Crippen LogP contribution is 2.36. The van der Waals surface area contributed by atoms with E-state index >= 15 is 0 Å². The lowest BCUT2D eigenvalue weighted by atomic mass is 10.0. The Bertz CT molecular complexity index is 1700. The molecule has 0 fully saturated rings. The molecule has 0 spiro atoms. The topological polar surface area (TPSA) is 150 Å². The van der Waals surface area contributed by atoms with E-state index < -0.39 is 17.4 Å². The summed E-state index contributed by atoms with van der Waals surface area (Å²) in [6, 6.07) is 12.6. The van der Waals surface area contributed by atoms with E-state index in [0.717, 1.165) is 17.5 Å². The van der Waals surface area contributed by atoms with Gasteiger partial charge in [0.1, 0.15) is 16.4 Å². The first-order valence-electron chi connectivity index (χ1n) is 11.3. The molecule has 4 N–H and O–H groups in total. The summed E-state index contributed by atoms with van der Waals surface area (Å²) < 4.78 is 0. The molecule has 5 aromatic rings. The molecule has 0 saturated carbocycles. The van der Waals surface area contributed by atoms with E-state index in [-0.39, 0.29) is 10.9 Å². The zero-order chi connectivity index (χ0) is 25.9. The Morgan fingerprint density at radius 3 is 2.62 bits per heavy atom. The van der Waals surface area contributed by atoms with Crippen LogP contribution in [0.4, 0.5) is 10.6 Å². The van der Waals surface area contributed by atoms with Gasteiger partial charge in [-0.05, 0) is 19.1 Å². The number of carboxylic acids is 1. The van der Waals surface area contributed by atoms with E-state index in [4.69, 9.17) is 4.98 Å². The minimum Gasteiger partial charge on any atom is -0.477 e. The van der Waals surface area contributed by atoms with Crippen molar-refractivity contribution in [2.24, 2.45) is 0 Å². The van der Waals surface area contributed by atoms with Gasteiger partial charge in [0.15, 0.2) is 0 Å². The first-order chi connectivity index (χ1) is 17.9. The van der Waals surface area contributed by atoms with E-state index in [1.54, 1.807) is 12.3 Å². The molecule has 0 bridgehead atoms. The number of aromatic nitrogens is 4. The molecule has 0 saturated heterocycles. The van der Waals surface area contributed by atoms with Crippen LogP contribution in [0.2, 0.25) is 0 Å². The Morgan fingerprint density at radius 2 is 1.86 bits per heavy atom. The third-order valence-electron chi connectivity index (χ3n) is 5.56. The number of nitrogens with one attached hydrogen (secondary N) is 3. The van der Waals surface area contributed by atoms with E-state index in [2.05, 4.69) is 25.6 Å². The van der Waals surface area contributed by atoms with Crippen molar-refractivity contribution in [1.82, 2.24) is 25.3 Å². The number of carboxylic acid groups (broad SMARTS) is 1. The van der Waals surface area contributed by atoms with E-state index in [0.29, 0.717) is 39.7 Å². The lowest BCUT2D eigenvalue weighted by Crippen LogP contribution is -2.28. The molecular formula is C26H20N6O4S. The fourth-order valence-corrected chi connectivity index (χ4v) is 4.65. The summed E-state index contributed by atoms with van der Waals surface area (Å²) >= 11 is 1.42. The molecule has 0 radical (unpaired) electrons. The first-order valence-corrected chi connectivity index (χ1v) is 12.1. The highest BCUT2D eigenvalue weighted by molar-refractivity contribution is 7.13. The Kier molecular flexibility index (Phi) is 6.43. The molecule has 37 heavy (non-hydrogen) atoms. The molecule has 0 unspecified atom stereocenters. The molecule has 11 heteroatoms. The van der Waals surface area contributed by atoms with E-state index in [1.165, 1.54) is 23.6 Å². The van der Waals surface area contributed by atoms with Gasteiger partial charge in [0, 0.05) is 41.0 Å². The molecule has 0 aliphatic rings. The molecule has 10 nitrogen and oxygen atoms in total. The van der Waals surface area contributed by atoms with Crippen molar-refractivity contribution in [3.05, 3.63) is 82.2 Å². The van der Waals surface area contributed by atoms with Crippen molar-refractivity contribution < 1.29 is 14.7 Å². The zero-order valence-corrected chi connectivity index (χ0v) is 20.3. The Labute approximate surface area is 214 Å². The monoisotopic (exact) mass is 512 g/mol. The number of hydrogen-bond acceptors (Lipinski definition) is 7. The van der Waals surface area contributed by atoms with Gasteiger partial charge in [-0.3, -0.25) is 15.1 Å². The Morgan fingerprint density at radius 1 is 1.05 bits per heavy atom. The van der Waals surface area contributed by atoms with Crippen LogP contribution in [0.1, 0.15) is 17.3 Å². The summed E-state index contributed by atoms with van der Waals surface area (Å²) in [6.45, 7) is 2.27. The summed E-state index contributed by atoms with van der Waals surface area (Å²) in [5.41, 5.74) is 2.79. The van der Waals surface area contributed by atoms with Gasteiger partial charge in [-0.15, -0.1) is 11.3 Å². The summed E-state index contributed by atoms with van der Waals surface area (Å²) in [6.07, 6.45) is 4.17. The number of fused-ring (bicyclic) bond motifs is 1. The summed E-state index contributed by atoms with van der Waals surface area (Å²) in [4.78, 5) is 52.8. The van der Waals surface area contributed by atoms with Gasteiger partial charge in [-0.25, -0.2) is 19.6 Å². The highest BCUT2D eigenvalue weighted by atomic mass is 32.1. The summed E-state index contributed by atoms with van der Waals surface area (Å²) in [5.74, 6) is -1.01. The molecular weight excluding hydrogens is 492 g/mol. The predicted molar refractivity (Wildman–Crippen MR) is 142 cm³/mol. The number of aromatic carboxylic acids is 1. The van der Waals surface area contributed by atoms with Gasteiger partial charge >= 0.3 is 12.0 Å².